The maximum atomic E-state index is 11.1. The maximum absolute atomic E-state index is 11.1. The van der Waals surface area contributed by atoms with Crippen molar-refractivity contribution < 1.29 is 13.2 Å². The summed E-state index contributed by atoms with van der Waals surface area (Å²) in [5.74, 6) is -0.114. The van der Waals surface area contributed by atoms with Crippen molar-refractivity contribution >= 4 is 15.7 Å². The Kier molecular flexibility index (Phi) is 6.48. The molecule has 0 aliphatic rings. The number of nitrogens with two attached hydrogens (primary N) is 1. The zero-order valence-corrected chi connectivity index (χ0v) is 9.27. The van der Waals surface area contributed by atoms with E-state index >= 15 is 0 Å². The Balaban J connectivity index is 3.45. The lowest BCUT2D eigenvalue weighted by molar-refractivity contribution is -0.121. The minimum absolute atomic E-state index is 0.00434. The van der Waals surface area contributed by atoms with Gasteiger partial charge in [0.1, 0.15) is 9.84 Å². The number of carbonyl (C=O) groups excluding carboxylic acids is 1. The fraction of sp³-hybridized carbons (Fsp3) is 0.875. The first-order valence-electron chi connectivity index (χ1n) is 4.60. The van der Waals surface area contributed by atoms with Crippen LogP contribution in [-0.4, -0.2) is 39.4 Å². The van der Waals surface area contributed by atoms with Gasteiger partial charge in [-0.15, -0.1) is 0 Å². The number of rotatable bonds is 7. The molecule has 0 heterocycles. The third-order valence-corrected chi connectivity index (χ3v) is 2.60. The van der Waals surface area contributed by atoms with Crippen molar-refractivity contribution in [2.24, 2.45) is 5.73 Å². The second-order valence-corrected chi connectivity index (χ2v) is 5.49. The maximum Gasteiger partial charge on any atom is 0.220 e. The van der Waals surface area contributed by atoms with Crippen LogP contribution in [0.15, 0.2) is 0 Å². The molecule has 0 spiro atoms. The van der Waals surface area contributed by atoms with Gasteiger partial charge in [0.2, 0.25) is 5.91 Å². The summed E-state index contributed by atoms with van der Waals surface area (Å²) in [7, 11) is -2.98. The molecular weight excluding hydrogens is 204 g/mol. The molecule has 6 heteroatoms. The molecular formula is C8H18N2O3S. The van der Waals surface area contributed by atoms with Gasteiger partial charge in [0.05, 0.1) is 5.75 Å². The SMILES string of the molecule is CS(=O)(=O)CCNC(=O)CCCCN. The Morgan fingerprint density at radius 2 is 2.00 bits per heavy atom. The van der Waals surface area contributed by atoms with Gasteiger partial charge in [0.25, 0.3) is 0 Å². The summed E-state index contributed by atoms with van der Waals surface area (Å²) in [6.07, 6.45) is 3.13. The van der Waals surface area contributed by atoms with Crippen LogP contribution in [0.3, 0.4) is 0 Å². The third-order valence-electron chi connectivity index (χ3n) is 1.65. The molecule has 84 valence electrons. The molecule has 3 N–H and O–H groups in total. The number of hydrogen-bond acceptors (Lipinski definition) is 4. The number of sulfone groups is 1. The molecule has 0 aromatic rings. The van der Waals surface area contributed by atoms with E-state index in [0.717, 1.165) is 19.1 Å². The topological polar surface area (TPSA) is 89.3 Å². The monoisotopic (exact) mass is 222 g/mol. The number of nitrogens with one attached hydrogen (secondary N) is 1. The molecule has 0 rings (SSSR count). The number of amides is 1. The zero-order valence-electron chi connectivity index (χ0n) is 8.45. The van der Waals surface area contributed by atoms with Crippen LogP contribution in [0.2, 0.25) is 0 Å². The second-order valence-electron chi connectivity index (χ2n) is 3.23. The lowest BCUT2D eigenvalue weighted by atomic mass is 10.2. The molecule has 5 nitrogen and oxygen atoms in total. The zero-order chi connectivity index (χ0) is 11.0. The Morgan fingerprint density at radius 1 is 1.36 bits per heavy atom. The summed E-state index contributed by atoms with van der Waals surface area (Å²) < 4.78 is 21.4. The van der Waals surface area contributed by atoms with Gasteiger partial charge in [-0.05, 0) is 19.4 Å². The van der Waals surface area contributed by atoms with Crippen molar-refractivity contribution in [3.8, 4) is 0 Å². The number of hydrogen-bond donors (Lipinski definition) is 2. The summed E-state index contributed by atoms with van der Waals surface area (Å²) in [5.41, 5.74) is 5.26. The highest BCUT2D eigenvalue weighted by atomic mass is 32.2. The van der Waals surface area contributed by atoms with Crippen LogP contribution in [0, 0.1) is 0 Å². The first kappa shape index (κ1) is 13.4. The second kappa shape index (κ2) is 6.78. The van der Waals surface area contributed by atoms with E-state index in [0.29, 0.717) is 13.0 Å². The number of carbonyl (C=O) groups is 1. The largest absolute Gasteiger partial charge is 0.355 e. The van der Waals surface area contributed by atoms with Crippen molar-refractivity contribution in [2.75, 3.05) is 25.1 Å². The Hall–Kier alpha value is -0.620. The molecule has 0 aromatic carbocycles. The highest BCUT2D eigenvalue weighted by molar-refractivity contribution is 7.90. The summed E-state index contributed by atoms with van der Waals surface area (Å²) in [6, 6.07) is 0. The Morgan fingerprint density at radius 3 is 2.50 bits per heavy atom. The Labute approximate surface area is 85.0 Å². The summed E-state index contributed by atoms with van der Waals surface area (Å²) in [4.78, 5) is 11.1. The molecule has 0 aliphatic carbocycles. The van der Waals surface area contributed by atoms with Crippen LogP contribution in [0.5, 0.6) is 0 Å². The molecule has 0 fully saturated rings. The van der Waals surface area contributed by atoms with E-state index in [4.69, 9.17) is 5.73 Å². The van der Waals surface area contributed by atoms with Crippen molar-refractivity contribution in [1.29, 1.82) is 0 Å². The van der Waals surface area contributed by atoms with Gasteiger partial charge in [0, 0.05) is 19.2 Å². The smallest absolute Gasteiger partial charge is 0.220 e. The van der Waals surface area contributed by atoms with Gasteiger partial charge >= 0.3 is 0 Å². The van der Waals surface area contributed by atoms with Crippen molar-refractivity contribution in [1.82, 2.24) is 5.32 Å². The van der Waals surface area contributed by atoms with E-state index < -0.39 is 9.84 Å². The summed E-state index contributed by atoms with van der Waals surface area (Å²) in [5, 5.41) is 2.54. The van der Waals surface area contributed by atoms with Crippen molar-refractivity contribution in [3.63, 3.8) is 0 Å². The van der Waals surface area contributed by atoms with E-state index in [1.54, 1.807) is 0 Å². The fourth-order valence-electron chi connectivity index (χ4n) is 0.894. The molecule has 0 atom stereocenters. The van der Waals surface area contributed by atoms with Gasteiger partial charge in [-0.2, -0.15) is 0 Å². The first-order valence-corrected chi connectivity index (χ1v) is 6.66. The standard InChI is InChI=1S/C8H18N2O3S/c1-14(12,13)7-6-10-8(11)4-2-3-5-9/h2-7,9H2,1H3,(H,10,11). The van der Waals surface area contributed by atoms with Crippen molar-refractivity contribution in [2.45, 2.75) is 19.3 Å². The lowest BCUT2D eigenvalue weighted by Crippen LogP contribution is -2.28. The van der Waals surface area contributed by atoms with Gasteiger partial charge in [0.15, 0.2) is 0 Å². The average molecular weight is 222 g/mol. The Bertz CT molecular complexity index is 262. The number of unbranched alkanes of at least 4 members (excludes halogenated alkanes) is 1. The van der Waals surface area contributed by atoms with Crippen LogP contribution < -0.4 is 11.1 Å². The summed E-state index contributed by atoms with van der Waals surface area (Å²) in [6.45, 7) is 0.775. The van der Waals surface area contributed by atoms with Gasteiger partial charge in [-0.3, -0.25) is 4.79 Å². The molecule has 0 saturated carbocycles. The molecule has 0 radical (unpaired) electrons. The highest BCUT2D eigenvalue weighted by Crippen LogP contribution is 1.92. The minimum Gasteiger partial charge on any atom is -0.355 e. The molecule has 0 bridgehead atoms. The van der Waals surface area contributed by atoms with E-state index in [1.807, 2.05) is 0 Å². The molecule has 0 aromatic heterocycles. The van der Waals surface area contributed by atoms with Crippen molar-refractivity contribution in [3.05, 3.63) is 0 Å². The molecule has 0 saturated heterocycles. The quantitative estimate of drug-likeness (QED) is 0.556. The van der Waals surface area contributed by atoms with E-state index in [9.17, 15) is 13.2 Å². The normalized spacial score (nSPS) is 11.3. The molecule has 1 amide bonds. The predicted molar refractivity (Wildman–Crippen MR) is 55.6 cm³/mol. The van der Waals surface area contributed by atoms with Crippen LogP contribution in [0.1, 0.15) is 19.3 Å². The third kappa shape index (κ3) is 9.47. The lowest BCUT2D eigenvalue weighted by Gasteiger charge is -2.03. The predicted octanol–water partition coefficient (Wildman–Crippen LogP) is -0.724. The van der Waals surface area contributed by atoms with Gasteiger partial charge in [-0.25, -0.2) is 8.42 Å². The first-order chi connectivity index (χ1) is 6.45. The average Bonchev–Trinajstić information content (AvgIpc) is 2.02. The van der Waals surface area contributed by atoms with E-state index in [-0.39, 0.29) is 18.2 Å². The van der Waals surface area contributed by atoms with E-state index in [1.165, 1.54) is 0 Å². The minimum atomic E-state index is -2.98. The van der Waals surface area contributed by atoms with Crippen LogP contribution in [0.25, 0.3) is 0 Å². The van der Waals surface area contributed by atoms with Crippen LogP contribution >= 0.6 is 0 Å². The highest BCUT2D eigenvalue weighted by Gasteiger charge is 2.04. The van der Waals surface area contributed by atoms with Gasteiger partial charge < -0.3 is 11.1 Å². The molecule has 14 heavy (non-hydrogen) atoms. The van der Waals surface area contributed by atoms with Crippen LogP contribution in [0.4, 0.5) is 0 Å². The van der Waals surface area contributed by atoms with Crippen LogP contribution in [-0.2, 0) is 14.6 Å². The molecule has 0 aliphatic heterocycles. The van der Waals surface area contributed by atoms with Gasteiger partial charge in [-0.1, -0.05) is 0 Å². The molecule has 0 unspecified atom stereocenters. The fourth-order valence-corrected chi connectivity index (χ4v) is 1.37. The van der Waals surface area contributed by atoms with E-state index in [2.05, 4.69) is 5.32 Å². The summed E-state index contributed by atoms with van der Waals surface area (Å²) >= 11 is 0.